The van der Waals surface area contributed by atoms with Crippen LogP contribution in [-0.4, -0.2) is 0 Å². The van der Waals surface area contributed by atoms with E-state index in [2.05, 4.69) is 95.2 Å². The van der Waals surface area contributed by atoms with Gasteiger partial charge in [0.25, 0.3) is 0 Å². The van der Waals surface area contributed by atoms with Gasteiger partial charge in [-0.15, -0.1) is 0 Å². The van der Waals surface area contributed by atoms with Crippen molar-refractivity contribution >= 4 is 0 Å². The molecule has 2 aliphatic carbocycles. The number of unbranched alkanes of at least 4 members (excludes halogenated alkanes) is 72. The molecule has 1 nitrogen and oxygen atoms in total. The van der Waals surface area contributed by atoms with E-state index in [1.165, 1.54) is 668 Å². The van der Waals surface area contributed by atoms with Gasteiger partial charge in [0.2, 0.25) is 0 Å². The Balaban J connectivity index is 0.00000134. The highest BCUT2D eigenvalue weighted by molar-refractivity contribution is 5.48. The summed E-state index contributed by atoms with van der Waals surface area (Å²) in [6.07, 6.45) is 154. The topological polar surface area (TPSA) is 23.8 Å². The minimum Gasteiger partial charge on any atom is -0.198 e. The molecule has 0 aromatic carbocycles. The SMILES string of the molecule is CCCCCCCCCCC(CCCCCCCC)CC1=C(CC(CCCCCCCC)CCCCCCCCCC)C(CC(CCCCCCCC)CCCCCCCCCC)=C(CCC#N)C1.CCCCCCCCCCC(CCCCCCCC)CC1=CCC(CC(CCCCCCCC)CCCCCCCCCC)=C1CC(CCCCCCCC)CCCCCCCCCC. The highest BCUT2D eigenvalue weighted by Crippen LogP contribution is 2.48. The van der Waals surface area contributed by atoms with Crippen molar-refractivity contribution in [2.75, 3.05) is 0 Å². The van der Waals surface area contributed by atoms with Gasteiger partial charge in [-0.2, -0.15) is 5.26 Å². The molecule has 0 bridgehead atoms. The van der Waals surface area contributed by atoms with Crippen LogP contribution in [0.5, 0.6) is 0 Å². The molecule has 0 amide bonds. The average Bonchev–Trinajstić information content (AvgIpc) is 1.65. The van der Waals surface area contributed by atoms with Crippen molar-refractivity contribution in [2.45, 2.75) is 764 Å². The molecule has 0 aliphatic heterocycles. The third kappa shape index (κ3) is 81.8. The standard InChI is InChI=1S/C68H129N.C65H126/c1-7-13-19-25-31-34-40-44-51-62(50-43-37-28-22-16-10-4)58-66-61-65(56-49-57-69)67(59-63(52-45-38-29-23-17-11-5)53-47-41-35-32-26-20-14-8-2)68(66)60-64(54-46-39-30-24-18-12-6)55-48-42-36-33-27-21-15-9-3;1-7-13-19-25-31-34-40-45-51-60(49-43-37-28-22-16-10-4)57-63-55-56-64(58-61(50-44-38-29-23-17-11-5)52-46-41-35-32-26-20-14-8-2)65(63)59-62(53-47-39-30-24-18-12-6)54-48-42-36-33-27-21-15-9-3/h62-64H,7-56,58-61H2,1-6H3;55,60-62H,7-54,56-59H2,1-6H3. The number of hydrogen-bond acceptors (Lipinski definition) is 1. The lowest BCUT2D eigenvalue weighted by molar-refractivity contribution is 0.383. The number of nitriles is 1. The molecule has 1 heteroatoms. The Morgan fingerprint density at radius 2 is 0.336 bits per heavy atom. The van der Waals surface area contributed by atoms with Gasteiger partial charge in [0.15, 0.2) is 0 Å². The van der Waals surface area contributed by atoms with Gasteiger partial charge in [-0.1, -0.05) is 722 Å². The highest BCUT2D eigenvalue weighted by Gasteiger charge is 2.31. The maximum atomic E-state index is 10.1. The van der Waals surface area contributed by atoms with Crippen LogP contribution in [0.15, 0.2) is 45.1 Å². The summed E-state index contributed by atoms with van der Waals surface area (Å²) in [5.41, 5.74) is 13.1. The van der Waals surface area contributed by atoms with E-state index in [1.54, 1.807) is 5.57 Å². The summed E-state index contributed by atoms with van der Waals surface area (Å²) in [4.78, 5) is 0. The minimum atomic E-state index is 0.707. The fourth-order valence-electron chi connectivity index (χ4n) is 24.1. The molecular weight excluding hydrogens is 1610 g/mol. The Morgan fingerprint density at radius 1 is 0.179 bits per heavy atom. The van der Waals surface area contributed by atoms with Crippen LogP contribution in [0.25, 0.3) is 0 Å². The zero-order chi connectivity index (χ0) is 96.9. The first kappa shape index (κ1) is 130. The Hall–Kier alpha value is -1.55. The fourth-order valence-corrected chi connectivity index (χ4v) is 24.1. The normalized spacial score (nSPS) is 14.4. The van der Waals surface area contributed by atoms with Crippen molar-refractivity contribution in [3.05, 3.63) is 45.1 Å². The molecule has 792 valence electrons. The molecule has 6 atom stereocenters. The minimum absolute atomic E-state index is 0.707. The summed E-state index contributed by atoms with van der Waals surface area (Å²) < 4.78 is 0. The van der Waals surface area contributed by atoms with Crippen molar-refractivity contribution < 1.29 is 0 Å². The van der Waals surface area contributed by atoms with Gasteiger partial charge in [0.05, 0.1) is 6.07 Å². The zero-order valence-electron chi connectivity index (χ0n) is 95.4. The third-order valence-electron chi connectivity index (χ3n) is 33.2. The van der Waals surface area contributed by atoms with Crippen LogP contribution in [0.3, 0.4) is 0 Å². The van der Waals surface area contributed by atoms with Crippen LogP contribution < -0.4 is 0 Å². The van der Waals surface area contributed by atoms with Crippen LogP contribution in [-0.2, 0) is 0 Å². The van der Waals surface area contributed by atoms with Gasteiger partial charge in [-0.05, 0) is 116 Å². The lowest BCUT2D eigenvalue weighted by Gasteiger charge is -2.25. The van der Waals surface area contributed by atoms with Crippen LogP contribution in [0.4, 0.5) is 0 Å². The van der Waals surface area contributed by atoms with Crippen molar-refractivity contribution in [1.29, 1.82) is 5.26 Å². The van der Waals surface area contributed by atoms with Gasteiger partial charge in [0.1, 0.15) is 0 Å². The molecule has 0 saturated heterocycles. The largest absolute Gasteiger partial charge is 0.198 e. The van der Waals surface area contributed by atoms with Gasteiger partial charge in [-0.25, -0.2) is 0 Å². The third-order valence-corrected chi connectivity index (χ3v) is 33.2. The van der Waals surface area contributed by atoms with Crippen LogP contribution in [0.2, 0.25) is 0 Å². The van der Waals surface area contributed by atoms with E-state index in [-0.39, 0.29) is 0 Å². The molecule has 134 heavy (non-hydrogen) atoms. The molecule has 0 aromatic rings. The molecule has 2 aliphatic rings. The van der Waals surface area contributed by atoms with E-state index < -0.39 is 0 Å². The van der Waals surface area contributed by atoms with Crippen molar-refractivity contribution in [1.82, 2.24) is 0 Å². The summed E-state index contributed by atoms with van der Waals surface area (Å²) >= 11 is 0. The fraction of sp³-hybridized carbons (Fsp3) is 0.932. The first-order chi connectivity index (χ1) is 66.2. The monoisotopic (exact) mass is 1870 g/mol. The number of hydrogen-bond donors (Lipinski definition) is 0. The Morgan fingerprint density at radius 3 is 0.530 bits per heavy atom. The smallest absolute Gasteiger partial charge is 0.0625 e. The van der Waals surface area contributed by atoms with Crippen LogP contribution >= 0.6 is 0 Å². The molecule has 6 unspecified atom stereocenters. The van der Waals surface area contributed by atoms with E-state index in [1.807, 2.05) is 33.4 Å². The lowest BCUT2D eigenvalue weighted by atomic mass is 9.80. The molecular formula is C133H255N. The zero-order valence-corrected chi connectivity index (χ0v) is 95.4. The molecule has 2 rings (SSSR count). The van der Waals surface area contributed by atoms with Gasteiger partial charge >= 0.3 is 0 Å². The van der Waals surface area contributed by atoms with E-state index in [4.69, 9.17) is 0 Å². The summed E-state index contributed by atoms with van der Waals surface area (Å²) in [6.45, 7) is 28.3. The molecule has 0 aromatic heterocycles. The van der Waals surface area contributed by atoms with E-state index >= 15 is 0 Å². The Kier molecular flexibility index (Phi) is 103. The second-order valence-electron chi connectivity index (χ2n) is 46.4. The van der Waals surface area contributed by atoms with Crippen LogP contribution in [0.1, 0.15) is 764 Å². The quantitative estimate of drug-likeness (QED) is 0.0557. The molecule has 0 fully saturated rings. The number of nitrogens with zero attached hydrogens (tertiary/aromatic N) is 1. The molecule has 0 saturated carbocycles. The first-order valence-corrected chi connectivity index (χ1v) is 64.4. The Labute approximate surface area is 850 Å². The Bertz CT molecular complexity index is 2510. The molecule has 0 radical (unpaired) electrons. The van der Waals surface area contributed by atoms with E-state index in [9.17, 15) is 5.26 Å². The molecule has 0 spiro atoms. The predicted octanol–water partition coefficient (Wildman–Crippen LogP) is 49.6. The van der Waals surface area contributed by atoms with Gasteiger partial charge in [-0.3, -0.25) is 0 Å². The maximum Gasteiger partial charge on any atom is 0.0625 e. The summed E-state index contributed by atoms with van der Waals surface area (Å²) in [5.74, 6) is 5.23. The van der Waals surface area contributed by atoms with E-state index in [0.717, 1.165) is 41.9 Å². The van der Waals surface area contributed by atoms with Crippen molar-refractivity contribution in [3.63, 3.8) is 0 Å². The summed E-state index contributed by atoms with van der Waals surface area (Å²) in [5, 5.41) is 10.1. The van der Waals surface area contributed by atoms with Gasteiger partial charge in [0, 0.05) is 6.42 Å². The summed E-state index contributed by atoms with van der Waals surface area (Å²) in [7, 11) is 0. The lowest BCUT2D eigenvalue weighted by Crippen LogP contribution is -2.10. The average molecular weight is 1870 g/mol. The van der Waals surface area contributed by atoms with E-state index in [0.29, 0.717) is 6.42 Å². The molecule has 0 N–H and O–H groups in total. The summed E-state index contributed by atoms with van der Waals surface area (Å²) in [6, 6.07) is 2.66. The predicted molar refractivity (Wildman–Crippen MR) is 613 cm³/mol. The maximum absolute atomic E-state index is 10.1. The van der Waals surface area contributed by atoms with Gasteiger partial charge < -0.3 is 0 Å². The second kappa shape index (κ2) is 106. The van der Waals surface area contributed by atoms with Crippen molar-refractivity contribution in [3.8, 4) is 6.07 Å². The second-order valence-corrected chi connectivity index (χ2v) is 46.4. The molecule has 0 heterocycles. The first-order valence-electron chi connectivity index (χ1n) is 64.4. The highest BCUT2D eigenvalue weighted by atomic mass is 14.4. The number of rotatable bonds is 110. The number of allylic oxidation sites excluding steroid dienone is 8. The van der Waals surface area contributed by atoms with Crippen LogP contribution in [0, 0.1) is 46.8 Å². The van der Waals surface area contributed by atoms with Crippen molar-refractivity contribution in [2.24, 2.45) is 35.5 Å².